The van der Waals surface area contributed by atoms with Crippen LogP contribution in [0.25, 0.3) is 0 Å². The summed E-state index contributed by atoms with van der Waals surface area (Å²) in [5.74, 6) is -0.107. The first-order chi connectivity index (χ1) is 9.75. The summed E-state index contributed by atoms with van der Waals surface area (Å²) in [6.07, 6.45) is 1.99. The Morgan fingerprint density at radius 1 is 1.10 bits per heavy atom. The van der Waals surface area contributed by atoms with Crippen LogP contribution < -0.4 is 5.56 Å². The smallest absolute Gasteiger partial charge is 0.275 e. The van der Waals surface area contributed by atoms with Crippen LogP contribution in [0.4, 0.5) is 0 Å². The van der Waals surface area contributed by atoms with Crippen LogP contribution >= 0.6 is 0 Å². The third kappa shape index (κ3) is 1.46. The molecule has 5 nitrogen and oxygen atoms in total. The molecule has 20 heavy (non-hydrogen) atoms. The van der Waals surface area contributed by atoms with Gasteiger partial charge in [-0.25, -0.2) is 5.10 Å². The highest BCUT2D eigenvalue weighted by molar-refractivity contribution is 5.93. The Labute approximate surface area is 115 Å². The predicted octanol–water partition coefficient (Wildman–Crippen LogP) is 1.80. The van der Waals surface area contributed by atoms with Crippen molar-refractivity contribution in [3.63, 3.8) is 0 Å². The molecule has 4 rings (SSSR count). The molecular formula is C15H13N3O2. The zero-order valence-corrected chi connectivity index (χ0v) is 10.7. The average molecular weight is 267 g/mol. The topological polar surface area (TPSA) is 66.1 Å². The van der Waals surface area contributed by atoms with E-state index in [1.807, 2.05) is 17.0 Å². The molecule has 1 amide bonds. The van der Waals surface area contributed by atoms with Crippen LogP contribution in [0.15, 0.2) is 41.2 Å². The largest absolute Gasteiger partial charge is 0.323 e. The maximum Gasteiger partial charge on any atom is 0.275 e. The van der Waals surface area contributed by atoms with Gasteiger partial charge < -0.3 is 4.90 Å². The molecule has 2 aliphatic rings. The maximum absolute atomic E-state index is 12.6. The summed E-state index contributed by atoms with van der Waals surface area (Å²) in [6, 6.07) is 11.4. The molecule has 1 aromatic heterocycles. The van der Waals surface area contributed by atoms with Gasteiger partial charge >= 0.3 is 0 Å². The Kier molecular flexibility index (Phi) is 2.30. The van der Waals surface area contributed by atoms with Crippen molar-refractivity contribution in [2.45, 2.75) is 24.9 Å². The number of nitrogens with one attached hydrogen (secondary N) is 1. The number of amides is 1. The molecule has 100 valence electrons. The molecule has 0 radical (unpaired) electrons. The van der Waals surface area contributed by atoms with Crippen molar-refractivity contribution in [3.8, 4) is 0 Å². The van der Waals surface area contributed by atoms with Crippen molar-refractivity contribution in [3.05, 3.63) is 63.6 Å². The second kappa shape index (κ2) is 4.03. The fourth-order valence-electron chi connectivity index (χ4n) is 3.42. The quantitative estimate of drug-likeness (QED) is 0.856. The molecular weight excluding hydrogens is 254 g/mol. The summed E-state index contributed by atoms with van der Waals surface area (Å²) in [4.78, 5) is 25.6. The molecule has 0 saturated carbocycles. The van der Waals surface area contributed by atoms with Crippen molar-refractivity contribution in [1.29, 1.82) is 0 Å². The zero-order valence-electron chi connectivity index (χ0n) is 10.7. The van der Waals surface area contributed by atoms with Gasteiger partial charge in [0.25, 0.3) is 11.5 Å². The molecule has 2 atom stereocenters. The first-order valence-electron chi connectivity index (χ1n) is 6.73. The molecule has 3 heterocycles. The van der Waals surface area contributed by atoms with Crippen LogP contribution in [0.3, 0.4) is 0 Å². The van der Waals surface area contributed by atoms with Crippen LogP contribution in [0.1, 0.15) is 46.5 Å². The minimum absolute atomic E-state index is 0.107. The number of H-pyrrole nitrogens is 1. The monoisotopic (exact) mass is 267 g/mol. The fourth-order valence-corrected chi connectivity index (χ4v) is 3.42. The second-order valence-electron chi connectivity index (χ2n) is 5.26. The van der Waals surface area contributed by atoms with Crippen molar-refractivity contribution in [1.82, 2.24) is 15.1 Å². The molecule has 2 aliphatic heterocycles. The van der Waals surface area contributed by atoms with E-state index in [2.05, 4.69) is 22.3 Å². The van der Waals surface area contributed by atoms with Gasteiger partial charge in [-0.2, -0.15) is 5.10 Å². The van der Waals surface area contributed by atoms with Gasteiger partial charge in [-0.1, -0.05) is 24.3 Å². The number of aromatic amines is 1. The van der Waals surface area contributed by atoms with Gasteiger partial charge in [0.05, 0.1) is 12.1 Å². The number of aromatic nitrogens is 2. The van der Waals surface area contributed by atoms with Gasteiger partial charge in [-0.3, -0.25) is 9.59 Å². The number of rotatable bonds is 1. The van der Waals surface area contributed by atoms with Gasteiger partial charge in [0.2, 0.25) is 0 Å². The molecule has 0 spiro atoms. The number of hydrogen-bond donors (Lipinski definition) is 1. The normalized spacial score (nSPS) is 22.9. The molecule has 1 aromatic carbocycles. The molecule has 5 heteroatoms. The Hall–Kier alpha value is -2.43. The van der Waals surface area contributed by atoms with E-state index in [4.69, 9.17) is 0 Å². The molecule has 2 aromatic rings. The maximum atomic E-state index is 12.6. The van der Waals surface area contributed by atoms with E-state index >= 15 is 0 Å². The van der Waals surface area contributed by atoms with Crippen LogP contribution in [-0.4, -0.2) is 21.0 Å². The second-order valence-corrected chi connectivity index (χ2v) is 5.26. The van der Waals surface area contributed by atoms with Crippen molar-refractivity contribution < 1.29 is 4.79 Å². The van der Waals surface area contributed by atoms with E-state index < -0.39 is 0 Å². The fraction of sp³-hybridized carbons (Fsp3) is 0.267. The third-order valence-electron chi connectivity index (χ3n) is 4.23. The van der Waals surface area contributed by atoms with Crippen molar-refractivity contribution in [2.24, 2.45) is 0 Å². The van der Waals surface area contributed by atoms with Crippen LogP contribution in [0.2, 0.25) is 0 Å². The summed E-state index contributed by atoms with van der Waals surface area (Å²) in [7, 11) is 0. The molecule has 2 unspecified atom stereocenters. The molecule has 1 saturated heterocycles. The highest BCUT2D eigenvalue weighted by Crippen LogP contribution is 2.53. The van der Waals surface area contributed by atoms with Crippen LogP contribution in [-0.2, 0) is 0 Å². The van der Waals surface area contributed by atoms with E-state index in [1.54, 1.807) is 0 Å². The van der Waals surface area contributed by atoms with Gasteiger partial charge in [0, 0.05) is 6.07 Å². The van der Waals surface area contributed by atoms with E-state index in [-0.39, 0.29) is 23.6 Å². The van der Waals surface area contributed by atoms with Gasteiger partial charge in [0.15, 0.2) is 0 Å². The lowest BCUT2D eigenvalue weighted by Gasteiger charge is -2.21. The number of carbonyl (C=O) groups is 1. The summed E-state index contributed by atoms with van der Waals surface area (Å²) >= 11 is 0. The molecule has 1 fully saturated rings. The zero-order chi connectivity index (χ0) is 13.7. The van der Waals surface area contributed by atoms with E-state index in [0.29, 0.717) is 5.69 Å². The molecule has 2 bridgehead atoms. The number of fused-ring (bicyclic) bond motifs is 5. The van der Waals surface area contributed by atoms with Crippen molar-refractivity contribution >= 4 is 5.91 Å². The number of nitrogens with zero attached hydrogens (tertiary/aromatic N) is 2. The van der Waals surface area contributed by atoms with Crippen molar-refractivity contribution in [2.75, 3.05) is 0 Å². The lowest BCUT2D eigenvalue weighted by atomic mass is 9.92. The highest BCUT2D eigenvalue weighted by Gasteiger charge is 2.46. The average Bonchev–Trinajstić information content (AvgIpc) is 3.04. The molecule has 0 aliphatic carbocycles. The van der Waals surface area contributed by atoms with Gasteiger partial charge in [0.1, 0.15) is 5.69 Å². The van der Waals surface area contributed by atoms with E-state index in [9.17, 15) is 9.59 Å². The highest BCUT2D eigenvalue weighted by atomic mass is 16.2. The predicted molar refractivity (Wildman–Crippen MR) is 72.2 cm³/mol. The first-order valence-corrected chi connectivity index (χ1v) is 6.73. The van der Waals surface area contributed by atoms with Gasteiger partial charge in [-0.05, 0) is 30.0 Å². The standard InChI is InChI=1S/C15H13N3O2/c19-14-8-5-11(16-17-14)15(20)18-12-6-7-13(18)10-4-2-1-3-9(10)12/h1-5,8,12-13H,6-7H2,(H,17,19). The van der Waals surface area contributed by atoms with Crippen LogP contribution in [0, 0.1) is 0 Å². The Morgan fingerprint density at radius 2 is 1.75 bits per heavy atom. The number of hydrogen-bond acceptors (Lipinski definition) is 3. The lowest BCUT2D eigenvalue weighted by molar-refractivity contribution is 0.0689. The SMILES string of the molecule is O=C(c1ccc(=O)[nH]n1)N1C2CCC1c1ccccc12. The Balaban J connectivity index is 1.73. The first kappa shape index (κ1) is 11.4. The number of carbonyl (C=O) groups excluding carboxylic acids is 1. The minimum Gasteiger partial charge on any atom is -0.323 e. The number of benzene rings is 1. The van der Waals surface area contributed by atoms with E-state index in [0.717, 1.165) is 12.8 Å². The van der Waals surface area contributed by atoms with Crippen LogP contribution in [0.5, 0.6) is 0 Å². The van der Waals surface area contributed by atoms with E-state index in [1.165, 1.54) is 23.3 Å². The summed E-state index contributed by atoms with van der Waals surface area (Å²) in [5, 5.41) is 6.18. The summed E-state index contributed by atoms with van der Waals surface area (Å²) in [5.41, 5.74) is 2.51. The Morgan fingerprint density at radius 3 is 2.30 bits per heavy atom. The summed E-state index contributed by atoms with van der Waals surface area (Å²) < 4.78 is 0. The minimum atomic E-state index is -0.297. The summed E-state index contributed by atoms with van der Waals surface area (Å²) in [6.45, 7) is 0. The van der Waals surface area contributed by atoms with Gasteiger partial charge in [-0.15, -0.1) is 0 Å². The Bertz CT molecular complexity index is 701. The lowest BCUT2D eigenvalue weighted by Crippen LogP contribution is -2.29. The molecule has 1 N–H and O–H groups in total. The third-order valence-corrected chi connectivity index (χ3v) is 4.23.